The molecule has 0 saturated carbocycles. The van der Waals surface area contributed by atoms with Crippen LogP contribution >= 0.6 is 0 Å². The second kappa shape index (κ2) is 9.48. The zero-order valence-electron chi connectivity index (χ0n) is 16.5. The molecular weight excluding hydrogens is 371 g/mol. The standard InChI is InChI=1S/C23H27FN2O3/c24-20-5-1-3-18(13-20)19-4-2-6-21(14-19)25-23(27)17-7-9-26(10-8-17)15-22-16-28-11-12-29-22/h1-6,13-14,17,22H,7-12,15-16H2,(H,25,27). The Morgan fingerprint density at radius 3 is 2.55 bits per heavy atom. The summed E-state index contributed by atoms with van der Waals surface area (Å²) in [5, 5.41) is 3.04. The summed E-state index contributed by atoms with van der Waals surface area (Å²) in [5.41, 5.74) is 2.42. The van der Waals surface area contributed by atoms with Crippen LogP contribution in [0.3, 0.4) is 0 Å². The molecule has 2 aliphatic rings. The molecule has 1 amide bonds. The SMILES string of the molecule is O=C(Nc1cccc(-c2cccc(F)c2)c1)C1CCN(CC2COCCO2)CC1. The number of rotatable bonds is 5. The summed E-state index contributed by atoms with van der Waals surface area (Å²) in [6.07, 6.45) is 1.81. The van der Waals surface area contributed by atoms with E-state index >= 15 is 0 Å². The molecule has 2 aromatic carbocycles. The van der Waals surface area contributed by atoms with E-state index in [1.807, 2.05) is 30.3 Å². The first kappa shape index (κ1) is 20.0. The van der Waals surface area contributed by atoms with Crippen LogP contribution in [0, 0.1) is 11.7 Å². The van der Waals surface area contributed by atoms with Gasteiger partial charge < -0.3 is 19.7 Å². The molecule has 0 spiro atoms. The maximum absolute atomic E-state index is 13.5. The highest BCUT2D eigenvalue weighted by Gasteiger charge is 2.27. The topological polar surface area (TPSA) is 50.8 Å². The van der Waals surface area contributed by atoms with Gasteiger partial charge in [-0.15, -0.1) is 0 Å². The Hall–Kier alpha value is -2.28. The molecule has 0 radical (unpaired) electrons. The molecule has 4 rings (SSSR count). The van der Waals surface area contributed by atoms with Gasteiger partial charge in [0.15, 0.2) is 0 Å². The summed E-state index contributed by atoms with van der Waals surface area (Å²) < 4.78 is 24.7. The predicted molar refractivity (Wildman–Crippen MR) is 110 cm³/mol. The van der Waals surface area contributed by atoms with Crippen molar-refractivity contribution >= 4 is 11.6 Å². The molecule has 5 nitrogen and oxygen atoms in total. The smallest absolute Gasteiger partial charge is 0.227 e. The number of anilines is 1. The van der Waals surface area contributed by atoms with Crippen molar-refractivity contribution in [3.05, 3.63) is 54.3 Å². The summed E-state index contributed by atoms with van der Waals surface area (Å²) >= 11 is 0. The van der Waals surface area contributed by atoms with Gasteiger partial charge in [0.25, 0.3) is 0 Å². The highest BCUT2D eigenvalue weighted by Crippen LogP contribution is 2.25. The van der Waals surface area contributed by atoms with Gasteiger partial charge >= 0.3 is 0 Å². The minimum absolute atomic E-state index is 0.00704. The van der Waals surface area contributed by atoms with Crippen LogP contribution in [0.2, 0.25) is 0 Å². The van der Waals surface area contributed by atoms with Gasteiger partial charge in [-0.2, -0.15) is 0 Å². The number of benzene rings is 2. The number of carbonyl (C=O) groups excluding carboxylic acids is 1. The van der Waals surface area contributed by atoms with E-state index in [4.69, 9.17) is 9.47 Å². The number of ether oxygens (including phenoxy) is 2. The van der Waals surface area contributed by atoms with E-state index in [2.05, 4.69) is 10.2 Å². The molecular formula is C23H27FN2O3. The second-order valence-electron chi connectivity index (χ2n) is 7.72. The molecule has 2 aromatic rings. The number of likely N-dealkylation sites (tertiary alicyclic amines) is 1. The molecule has 2 aliphatic heterocycles. The van der Waals surface area contributed by atoms with Crippen LogP contribution in [-0.2, 0) is 14.3 Å². The predicted octanol–water partition coefficient (Wildman–Crippen LogP) is 3.56. The van der Waals surface area contributed by atoms with E-state index in [0.29, 0.717) is 19.8 Å². The lowest BCUT2D eigenvalue weighted by molar-refractivity contribution is -0.122. The van der Waals surface area contributed by atoms with E-state index in [1.54, 1.807) is 6.07 Å². The lowest BCUT2D eigenvalue weighted by atomic mass is 9.95. The van der Waals surface area contributed by atoms with E-state index in [0.717, 1.165) is 49.3 Å². The van der Waals surface area contributed by atoms with Gasteiger partial charge in [0.05, 0.1) is 25.9 Å². The van der Waals surface area contributed by atoms with Gasteiger partial charge in [-0.25, -0.2) is 4.39 Å². The van der Waals surface area contributed by atoms with Crippen LogP contribution in [0.4, 0.5) is 10.1 Å². The molecule has 0 bridgehead atoms. The number of nitrogens with one attached hydrogen (secondary N) is 1. The molecule has 1 atom stereocenters. The highest BCUT2D eigenvalue weighted by atomic mass is 19.1. The highest BCUT2D eigenvalue weighted by molar-refractivity contribution is 5.93. The number of amides is 1. The first-order chi connectivity index (χ1) is 14.2. The van der Waals surface area contributed by atoms with Crippen molar-refractivity contribution in [1.82, 2.24) is 4.90 Å². The van der Waals surface area contributed by atoms with Crippen molar-refractivity contribution < 1.29 is 18.7 Å². The monoisotopic (exact) mass is 398 g/mol. The Kier molecular flexibility index (Phi) is 6.54. The first-order valence-corrected chi connectivity index (χ1v) is 10.3. The van der Waals surface area contributed by atoms with Gasteiger partial charge in [0, 0.05) is 18.2 Å². The molecule has 6 heteroatoms. The van der Waals surface area contributed by atoms with Crippen molar-refractivity contribution in [3.63, 3.8) is 0 Å². The van der Waals surface area contributed by atoms with Crippen LogP contribution in [0.5, 0.6) is 0 Å². The molecule has 2 heterocycles. The Bertz CT molecular complexity index is 830. The van der Waals surface area contributed by atoms with Crippen LogP contribution < -0.4 is 5.32 Å². The van der Waals surface area contributed by atoms with E-state index in [1.165, 1.54) is 12.1 Å². The average Bonchev–Trinajstić information content (AvgIpc) is 2.75. The van der Waals surface area contributed by atoms with Gasteiger partial charge in [-0.05, 0) is 61.3 Å². The maximum Gasteiger partial charge on any atom is 0.227 e. The van der Waals surface area contributed by atoms with Gasteiger partial charge in [-0.3, -0.25) is 4.79 Å². The summed E-state index contributed by atoms with van der Waals surface area (Å²) in [6, 6.07) is 14.0. The number of piperidine rings is 1. The van der Waals surface area contributed by atoms with Crippen molar-refractivity contribution in [2.45, 2.75) is 18.9 Å². The molecule has 0 aliphatic carbocycles. The quantitative estimate of drug-likeness (QED) is 0.837. The fraction of sp³-hybridized carbons (Fsp3) is 0.435. The summed E-state index contributed by atoms with van der Waals surface area (Å²) in [6.45, 7) is 4.64. The molecule has 0 aromatic heterocycles. The minimum Gasteiger partial charge on any atom is -0.376 e. The number of hydrogen-bond acceptors (Lipinski definition) is 4. The molecule has 154 valence electrons. The van der Waals surface area contributed by atoms with Crippen LogP contribution in [0.15, 0.2) is 48.5 Å². The molecule has 2 saturated heterocycles. The van der Waals surface area contributed by atoms with Crippen LogP contribution in [0.1, 0.15) is 12.8 Å². The zero-order valence-corrected chi connectivity index (χ0v) is 16.5. The Balaban J connectivity index is 1.30. The third-order valence-corrected chi connectivity index (χ3v) is 5.59. The second-order valence-corrected chi connectivity index (χ2v) is 7.72. The van der Waals surface area contributed by atoms with Gasteiger partial charge in [-0.1, -0.05) is 24.3 Å². The van der Waals surface area contributed by atoms with Crippen molar-refractivity contribution in [2.75, 3.05) is 44.8 Å². The van der Waals surface area contributed by atoms with Crippen LogP contribution in [0.25, 0.3) is 11.1 Å². The summed E-state index contributed by atoms with van der Waals surface area (Å²) in [4.78, 5) is 15.1. The normalized spacial score (nSPS) is 21.1. The van der Waals surface area contributed by atoms with Gasteiger partial charge in [0.1, 0.15) is 5.82 Å². The van der Waals surface area contributed by atoms with E-state index in [-0.39, 0.29) is 23.7 Å². The molecule has 2 fully saturated rings. The third-order valence-electron chi connectivity index (χ3n) is 5.59. The Morgan fingerprint density at radius 2 is 1.83 bits per heavy atom. The van der Waals surface area contributed by atoms with Crippen LogP contribution in [-0.4, -0.2) is 56.4 Å². The lowest BCUT2D eigenvalue weighted by Gasteiger charge is -2.34. The molecule has 29 heavy (non-hydrogen) atoms. The number of hydrogen-bond donors (Lipinski definition) is 1. The largest absolute Gasteiger partial charge is 0.376 e. The average molecular weight is 398 g/mol. The van der Waals surface area contributed by atoms with Crippen molar-refractivity contribution in [2.24, 2.45) is 5.92 Å². The summed E-state index contributed by atoms with van der Waals surface area (Å²) in [7, 11) is 0. The minimum atomic E-state index is -0.270. The summed E-state index contributed by atoms with van der Waals surface area (Å²) in [5.74, 6) is -0.209. The fourth-order valence-corrected chi connectivity index (χ4v) is 4.00. The molecule has 1 N–H and O–H groups in total. The maximum atomic E-state index is 13.5. The molecule has 1 unspecified atom stereocenters. The third kappa shape index (κ3) is 5.41. The lowest BCUT2D eigenvalue weighted by Crippen LogP contribution is -2.44. The fourth-order valence-electron chi connectivity index (χ4n) is 4.00. The number of halogens is 1. The van der Waals surface area contributed by atoms with Crippen molar-refractivity contribution in [3.8, 4) is 11.1 Å². The Morgan fingerprint density at radius 1 is 1.07 bits per heavy atom. The number of carbonyl (C=O) groups is 1. The van der Waals surface area contributed by atoms with E-state index < -0.39 is 0 Å². The van der Waals surface area contributed by atoms with Crippen molar-refractivity contribution in [1.29, 1.82) is 0 Å². The first-order valence-electron chi connectivity index (χ1n) is 10.3. The van der Waals surface area contributed by atoms with E-state index in [9.17, 15) is 9.18 Å². The Labute approximate surface area is 170 Å². The number of nitrogens with zero attached hydrogens (tertiary/aromatic N) is 1. The van der Waals surface area contributed by atoms with Gasteiger partial charge in [0.2, 0.25) is 5.91 Å². The zero-order chi connectivity index (χ0) is 20.1.